The molecule has 3 unspecified atom stereocenters. The van der Waals surface area contributed by atoms with Crippen LogP contribution >= 0.6 is 23.5 Å². The fourth-order valence-electron chi connectivity index (χ4n) is 4.22. The number of nitrogens with zero attached hydrogens (tertiary/aromatic N) is 4. The highest BCUT2D eigenvalue weighted by atomic mass is 32.2. The lowest BCUT2D eigenvalue weighted by atomic mass is 9.99. The summed E-state index contributed by atoms with van der Waals surface area (Å²) < 4.78 is 0. The number of aromatic amines is 1. The van der Waals surface area contributed by atoms with Crippen LogP contribution in [0.25, 0.3) is 0 Å². The van der Waals surface area contributed by atoms with E-state index in [1.165, 1.54) is 52.7 Å². The Hall–Kier alpha value is -3.63. The van der Waals surface area contributed by atoms with E-state index in [0.717, 1.165) is 6.42 Å². The van der Waals surface area contributed by atoms with Crippen LogP contribution in [0, 0.1) is 0 Å². The van der Waals surface area contributed by atoms with Gasteiger partial charge in [-0.1, -0.05) is 30.8 Å². The fraction of sp³-hybridized carbons (Fsp3) is 0.435. The summed E-state index contributed by atoms with van der Waals surface area (Å²) in [5.74, 6) is -2.34. The van der Waals surface area contributed by atoms with Crippen LogP contribution in [-0.2, 0) is 19.2 Å². The zero-order valence-corrected chi connectivity index (χ0v) is 22.5. The number of thioether (sulfide) groups is 2. The number of fused-ring (bicyclic) bond motifs is 1. The second-order valence-corrected chi connectivity index (χ2v) is 11.1. The molecule has 7 N–H and O–H groups in total. The quantitative estimate of drug-likeness (QED) is 0.147. The number of amides is 3. The van der Waals surface area contributed by atoms with E-state index < -0.39 is 40.5 Å². The Kier molecular flexibility index (Phi) is 9.08. The number of tetrazole rings is 1. The number of carbonyl (C=O) groups excluding carboxylic acids is 3. The number of aliphatic carboxylic acids is 1. The van der Waals surface area contributed by atoms with Gasteiger partial charge in [0.25, 0.3) is 5.91 Å². The Morgan fingerprint density at radius 2 is 2.05 bits per heavy atom. The van der Waals surface area contributed by atoms with E-state index in [1.54, 1.807) is 0 Å². The van der Waals surface area contributed by atoms with Gasteiger partial charge in [0, 0.05) is 24.0 Å². The van der Waals surface area contributed by atoms with E-state index in [9.17, 15) is 29.4 Å². The largest absolute Gasteiger partial charge is 0.508 e. The molecule has 4 atom stereocenters. The van der Waals surface area contributed by atoms with Crippen LogP contribution < -0.4 is 16.4 Å². The fourth-order valence-corrected chi connectivity index (χ4v) is 6.77. The molecule has 2 aromatic rings. The molecular weight excluding hydrogens is 548 g/mol. The van der Waals surface area contributed by atoms with Gasteiger partial charge in [-0.25, -0.2) is 9.89 Å². The molecule has 16 heteroatoms. The van der Waals surface area contributed by atoms with E-state index in [1.807, 2.05) is 6.92 Å². The lowest BCUT2D eigenvalue weighted by Crippen LogP contribution is -2.71. The topological polar surface area (TPSA) is 217 Å². The first kappa shape index (κ1) is 28.4. The average molecular weight is 577 g/mol. The second kappa shape index (κ2) is 12.5. The third-order valence-corrected chi connectivity index (χ3v) is 8.71. The Balaban J connectivity index is 1.52. The molecule has 0 radical (unpaired) electrons. The lowest BCUT2D eigenvalue weighted by molar-refractivity contribution is -0.150. The molecule has 3 heterocycles. The maximum absolute atomic E-state index is 13.1. The standard InChI is InChI=1S/C23H28N8O6S2/c1-2-9-25-15(33)8-7-14(39-23-27-29-30-28-23)13-10-38-21-17(20(35)31(21)18(13)22(36)37)26-19(34)16(24)11-3-5-12(32)6-4-11/h3-6,14,16-17,21,32H,2,7-10,24H2,1H3,(H,25,33)(H,26,34)(H,36,37)(H,27,28,29,30)/t14?,16?,17?,21-/m0/s1. The van der Waals surface area contributed by atoms with Gasteiger partial charge in [-0.05, 0) is 46.5 Å². The van der Waals surface area contributed by atoms with Crippen LogP contribution in [-0.4, -0.2) is 88.4 Å². The van der Waals surface area contributed by atoms with Crippen LogP contribution in [0.15, 0.2) is 40.7 Å². The number of carboxylic acid groups (broad SMARTS) is 1. The van der Waals surface area contributed by atoms with Crippen molar-refractivity contribution in [1.29, 1.82) is 0 Å². The Morgan fingerprint density at radius 1 is 1.31 bits per heavy atom. The molecule has 14 nitrogen and oxygen atoms in total. The summed E-state index contributed by atoms with van der Waals surface area (Å²) in [6, 6.07) is 3.78. The van der Waals surface area contributed by atoms with Gasteiger partial charge < -0.3 is 26.6 Å². The first-order valence-electron chi connectivity index (χ1n) is 12.1. The van der Waals surface area contributed by atoms with Crippen LogP contribution in [0.1, 0.15) is 37.8 Å². The predicted octanol–water partition coefficient (Wildman–Crippen LogP) is 0.111. The molecule has 0 saturated carbocycles. The molecule has 1 aromatic heterocycles. The molecular formula is C23H28N8O6S2. The molecule has 1 fully saturated rings. The normalized spacial score (nSPS) is 20.1. The monoisotopic (exact) mass is 576 g/mol. The number of β-lactam (4-membered cyclic amide) rings is 1. The van der Waals surface area contributed by atoms with Crippen molar-refractivity contribution < 1.29 is 29.4 Å². The number of benzene rings is 1. The summed E-state index contributed by atoms with van der Waals surface area (Å²) >= 11 is 2.50. The minimum absolute atomic E-state index is 0.0243. The van der Waals surface area contributed by atoms with E-state index in [0.29, 0.717) is 29.3 Å². The van der Waals surface area contributed by atoms with Crippen molar-refractivity contribution in [3.8, 4) is 5.75 Å². The zero-order chi connectivity index (χ0) is 28.1. The van der Waals surface area contributed by atoms with Crippen LogP contribution in [0.3, 0.4) is 0 Å². The molecule has 0 spiro atoms. The van der Waals surface area contributed by atoms with Crippen LogP contribution in [0.5, 0.6) is 5.75 Å². The minimum Gasteiger partial charge on any atom is -0.508 e. The van der Waals surface area contributed by atoms with E-state index in [2.05, 4.69) is 31.3 Å². The molecule has 39 heavy (non-hydrogen) atoms. The van der Waals surface area contributed by atoms with Gasteiger partial charge in [0.2, 0.25) is 17.0 Å². The van der Waals surface area contributed by atoms with Gasteiger partial charge >= 0.3 is 5.97 Å². The summed E-state index contributed by atoms with van der Waals surface area (Å²) in [6.07, 6.45) is 1.22. The van der Waals surface area contributed by atoms with Gasteiger partial charge in [0.15, 0.2) is 0 Å². The number of rotatable bonds is 12. The van der Waals surface area contributed by atoms with Gasteiger partial charge in [0.1, 0.15) is 28.9 Å². The first-order valence-corrected chi connectivity index (χ1v) is 14.1. The number of phenolic OH excluding ortho intramolecular Hbond substituents is 1. The lowest BCUT2D eigenvalue weighted by Gasteiger charge is -2.50. The van der Waals surface area contributed by atoms with Crippen LogP contribution in [0.4, 0.5) is 0 Å². The highest BCUT2D eigenvalue weighted by molar-refractivity contribution is 8.01. The molecule has 0 aliphatic carbocycles. The number of nitrogens with two attached hydrogens (primary N) is 1. The smallest absolute Gasteiger partial charge is 0.352 e. The maximum Gasteiger partial charge on any atom is 0.352 e. The predicted molar refractivity (Wildman–Crippen MR) is 141 cm³/mol. The van der Waals surface area contributed by atoms with E-state index in [4.69, 9.17) is 5.73 Å². The Morgan fingerprint density at radius 3 is 2.69 bits per heavy atom. The zero-order valence-electron chi connectivity index (χ0n) is 20.9. The summed E-state index contributed by atoms with van der Waals surface area (Å²) in [6.45, 7) is 2.48. The van der Waals surface area contributed by atoms with E-state index in [-0.39, 0.29) is 29.5 Å². The number of aromatic hydroxyl groups is 1. The number of hydrogen-bond acceptors (Lipinski definition) is 11. The summed E-state index contributed by atoms with van der Waals surface area (Å²) in [5, 5.41) is 37.8. The third kappa shape index (κ3) is 6.34. The van der Waals surface area contributed by atoms with Crippen molar-refractivity contribution in [2.45, 2.75) is 54.1 Å². The SMILES string of the molecule is CCCNC(=O)CCC(Sc1nnn[nH]1)C1=C(C(=O)O)N2C(=O)C(NC(=O)C(N)c3ccc(O)cc3)[C@@H]2SC1. The molecule has 2 aliphatic rings. The number of H-pyrrole nitrogens is 1. The molecule has 1 aromatic carbocycles. The highest BCUT2D eigenvalue weighted by Crippen LogP contribution is 2.44. The number of carbonyl (C=O) groups is 4. The van der Waals surface area contributed by atoms with Gasteiger partial charge in [-0.2, -0.15) is 0 Å². The van der Waals surface area contributed by atoms with Crippen molar-refractivity contribution in [3.05, 3.63) is 41.1 Å². The van der Waals surface area contributed by atoms with Gasteiger partial charge in [-0.3, -0.25) is 19.3 Å². The first-order chi connectivity index (χ1) is 18.7. The minimum atomic E-state index is -1.29. The van der Waals surface area contributed by atoms with Crippen LogP contribution in [0.2, 0.25) is 0 Å². The number of aromatic nitrogens is 4. The highest BCUT2D eigenvalue weighted by Gasteiger charge is 2.55. The number of carboxylic acids is 1. The molecule has 2 aliphatic heterocycles. The molecule has 1 saturated heterocycles. The summed E-state index contributed by atoms with van der Waals surface area (Å²) in [7, 11) is 0. The van der Waals surface area contributed by atoms with Crippen molar-refractivity contribution in [2.24, 2.45) is 5.73 Å². The second-order valence-electron chi connectivity index (χ2n) is 8.85. The number of hydrogen-bond donors (Lipinski definition) is 6. The maximum atomic E-state index is 13.1. The molecule has 4 rings (SSSR count). The van der Waals surface area contributed by atoms with Crippen molar-refractivity contribution >= 4 is 47.2 Å². The van der Waals surface area contributed by atoms with Gasteiger partial charge in [-0.15, -0.1) is 16.9 Å². The Labute approximate surface area is 231 Å². The molecule has 0 bridgehead atoms. The van der Waals surface area contributed by atoms with E-state index >= 15 is 0 Å². The summed E-state index contributed by atoms with van der Waals surface area (Å²) in [4.78, 5) is 51.8. The van der Waals surface area contributed by atoms with Crippen molar-refractivity contribution in [2.75, 3.05) is 12.3 Å². The van der Waals surface area contributed by atoms with Crippen molar-refractivity contribution in [1.82, 2.24) is 36.2 Å². The molecule has 208 valence electrons. The van der Waals surface area contributed by atoms with Crippen molar-refractivity contribution in [3.63, 3.8) is 0 Å². The summed E-state index contributed by atoms with van der Waals surface area (Å²) in [5.41, 5.74) is 6.78. The third-order valence-electron chi connectivity index (χ3n) is 6.21. The Bertz CT molecular complexity index is 1260. The average Bonchev–Trinajstić information content (AvgIpc) is 3.45. The molecule has 3 amide bonds. The van der Waals surface area contributed by atoms with Gasteiger partial charge in [0.05, 0.1) is 0 Å². The number of phenols is 1. The number of nitrogens with one attached hydrogen (secondary N) is 3.